The van der Waals surface area contributed by atoms with E-state index in [1.165, 1.54) is 62.5 Å². The minimum Gasteiger partial charge on any atom is -0.205 e. The van der Waals surface area contributed by atoms with E-state index in [4.69, 9.17) is 0 Å². The van der Waals surface area contributed by atoms with Gasteiger partial charge in [0.15, 0.2) is 0 Å². The van der Waals surface area contributed by atoms with Crippen LogP contribution in [0, 0.1) is 29.5 Å². The molecular formula is C33H37F. The Morgan fingerprint density at radius 1 is 0.882 bits per heavy atom. The van der Waals surface area contributed by atoms with E-state index in [1.807, 2.05) is 30.3 Å². The van der Waals surface area contributed by atoms with Crippen molar-refractivity contribution < 1.29 is 4.39 Å². The molecule has 3 aromatic rings. The standard InChI is InChI=1S/C33H37F/c1-3-5-6-7-26-12-14-28(15-13-26)18-20-30-21-22-31-24-29(19-23-32(31)33(30)34)17-16-27-10-8-25(4-2)9-11-27/h4,12-15,19,21-25,27H,2-3,5-11,16-17H2,1H3. The van der Waals surface area contributed by atoms with E-state index in [9.17, 15) is 0 Å². The molecule has 3 aromatic carbocycles. The van der Waals surface area contributed by atoms with Gasteiger partial charge in [-0.1, -0.05) is 74.1 Å². The zero-order valence-corrected chi connectivity index (χ0v) is 20.6. The highest BCUT2D eigenvalue weighted by Gasteiger charge is 2.19. The molecule has 0 bridgehead atoms. The maximum atomic E-state index is 15.2. The Morgan fingerprint density at radius 2 is 1.65 bits per heavy atom. The number of rotatable bonds is 8. The maximum Gasteiger partial charge on any atom is 0.146 e. The molecule has 0 saturated heterocycles. The molecule has 0 aliphatic heterocycles. The Morgan fingerprint density at radius 3 is 2.38 bits per heavy atom. The lowest BCUT2D eigenvalue weighted by molar-refractivity contribution is 0.296. The van der Waals surface area contributed by atoms with Gasteiger partial charge in [-0.05, 0) is 97.9 Å². The minimum absolute atomic E-state index is 0.213. The van der Waals surface area contributed by atoms with Crippen molar-refractivity contribution in [3.63, 3.8) is 0 Å². The molecule has 1 aliphatic carbocycles. The normalized spacial score (nSPS) is 17.8. The van der Waals surface area contributed by atoms with Gasteiger partial charge >= 0.3 is 0 Å². The Balaban J connectivity index is 1.40. The van der Waals surface area contributed by atoms with Gasteiger partial charge in [0.1, 0.15) is 5.82 Å². The second-order valence-corrected chi connectivity index (χ2v) is 9.94. The van der Waals surface area contributed by atoms with Crippen molar-refractivity contribution in [2.75, 3.05) is 0 Å². The molecule has 1 fully saturated rings. The van der Waals surface area contributed by atoms with Crippen LogP contribution in [0.25, 0.3) is 10.8 Å². The molecule has 0 spiro atoms. The zero-order chi connectivity index (χ0) is 23.8. The molecule has 0 amide bonds. The van der Waals surface area contributed by atoms with Crippen LogP contribution in [0.2, 0.25) is 0 Å². The second kappa shape index (κ2) is 12.0. The van der Waals surface area contributed by atoms with Crippen LogP contribution < -0.4 is 0 Å². The van der Waals surface area contributed by atoms with E-state index >= 15 is 4.39 Å². The fourth-order valence-electron chi connectivity index (χ4n) is 5.15. The van der Waals surface area contributed by atoms with Gasteiger partial charge in [0.25, 0.3) is 0 Å². The summed E-state index contributed by atoms with van der Waals surface area (Å²) < 4.78 is 15.2. The molecule has 0 N–H and O–H groups in total. The van der Waals surface area contributed by atoms with Crippen LogP contribution in [0.5, 0.6) is 0 Å². The predicted octanol–water partition coefficient (Wildman–Crippen LogP) is 9.04. The van der Waals surface area contributed by atoms with Crippen LogP contribution in [-0.4, -0.2) is 0 Å². The highest BCUT2D eigenvalue weighted by Crippen LogP contribution is 2.32. The molecule has 0 radical (unpaired) electrons. The molecule has 1 saturated carbocycles. The molecule has 1 heteroatoms. The van der Waals surface area contributed by atoms with Crippen molar-refractivity contribution in [2.24, 2.45) is 11.8 Å². The fourth-order valence-corrected chi connectivity index (χ4v) is 5.15. The van der Waals surface area contributed by atoms with Gasteiger partial charge in [-0.3, -0.25) is 0 Å². The molecule has 34 heavy (non-hydrogen) atoms. The summed E-state index contributed by atoms with van der Waals surface area (Å²) in [5, 5.41) is 1.63. The Labute approximate surface area is 205 Å². The third-order valence-electron chi connectivity index (χ3n) is 7.45. The van der Waals surface area contributed by atoms with Crippen LogP contribution in [0.4, 0.5) is 4.39 Å². The third kappa shape index (κ3) is 6.38. The summed E-state index contributed by atoms with van der Waals surface area (Å²) in [5.41, 5.74) is 4.04. The van der Waals surface area contributed by atoms with Gasteiger partial charge in [0, 0.05) is 10.9 Å². The summed E-state index contributed by atoms with van der Waals surface area (Å²) >= 11 is 0. The third-order valence-corrected chi connectivity index (χ3v) is 7.45. The number of unbranched alkanes of at least 4 members (excludes halogenated alkanes) is 2. The molecule has 0 aromatic heterocycles. The molecule has 4 rings (SSSR count). The maximum absolute atomic E-state index is 15.2. The van der Waals surface area contributed by atoms with Crippen LogP contribution in [0.1, 0.15) is 80.5 Å². The summed E-state index contributed by atoms with van der Waals surface area (Å²) in [6.07, 6.45) is 14.4. The first-order chi connectivity index (χ1) is 16.7. The van der Waals surface area contributed by atoms with Gasteiger partial charge in [0.05, 0.1) is 5.56 Å². The van der Waals surface area contributed by atoms with Crippen LogP contribution >= 0.6 is 0 Å². The highest BCUT2D eigenvalue weighted by atomic mass is 19.1. The first kappa shape index (κ1) is 24.3. The molecule has 0 unspecified atom stereocenters. The van der Waals surface area contributed by atoms with Crippen LogP contribution in [0.3, 0.4) is 0 Å². The Hall–Kier alpha value is -2.85. The molecule has 0 nitrogen and oxygen atoms in total. The van der Waals surface area contributed by atoms with Crippen LogP contribution in [0.15, 0.2) is 67.3 Å². The fraction of sp³-hybridized carbons (Fsp3) is 0.394. The summed E-state index contributed by atoms with van der Waals surface area (Å²) in [6.45, 7) is 6.17. The van der Waals surface area contributed by atoms with Gasteiger partial charge in [-0.2, -0.15) is 0 Å². The highest BCUT2D eigenvalue weighted by molar-refractivity contribution is 5.85. The Bertz CT molecular complexity index is 1150. The lowest BCUT2D eigenvalue weighted by Gasteiger charge is -2.26. The average Bonchev–Trinajstić information content (AvgIpc) is 2.88. The molecule has 176 valence electrons. The second-order valence-electron chi connectivity index (χ2n) is 9.94. The number of allylic oxidation sites excluding steroid dienone is 1. The van der Waals surface area contributed by atoms with E-state index in [0.717, 1.165) is 29.7 Å². The molecule has 1 aliphatic rings. The van der Waals surface area contributed by atoms with Gasteiger partial charge in [-0.15, -0.1) is 6.58 Å². The van der Waals surface area contributed by atoms with Crippen molar-refractivity contribution in [2.45, 2.75) is 71.1 Å². The monoisotopic (exact) mass is 452 g/mol. The average molecular weight is 453 g/mol. The minimum atomic E-state index is -0.213. The lowest BCUT2D eigenvalue weighted by atomic mass is 9.79. The molecule has 0 heterocycles. The number of aryl methyl sites for hydroxylation is 2. The summed E-state index contributed by atoms with van der Waals surface area (Å²) in [4.78, 5) is 0. The van der Waals surface area contributed by atoms with E-state index in [0.29, 0.717) is 16.9 Å². The van der Waals surface area contributed by atoms with E-state index in [-0.39, 0.29) is 5.82 Å². The summed E-state index contributed by atoms with van der Waals surface area (Å²) in [7, 11) is 0. The number of halogens is 1. The van der Waals surface area contributed by atoms with Crippen LogP contribution in [-0.2, 0) is 12.8 Å². The first-order valence-electron chi connectivity index (χ1n) is 13.1. The van der Waals surface area contributed by atoms with E-state index < -0.39 is 0 Å². The quantitative estimate of drug-likeness (QED) is 0.182. The SMILES string of the molecule is C=CC1CCC(CCc2ccc3c(F)c(C#Cc4ccc(CCCCC)cc4)ccc3c2)CC1. The van der Waals surface area contributed by atoms with Crippen molar-refractivity contribution in [3.8, 4) is 11.8 Å². The number of benzene rings is 3. The topological polar surface area (TPSA) is 0 Å². The number of fused-ring (bicyclic) bond motifs is 1. The van der Waals surface area contributed by atoms with Crippen molar-refractivity contribution >= 4 is 10.8 Å². The smallest absolute Gasteiger partial charge is 0.146 e. The van der Waals surface area contributed by atoms with E-state index in [2.05, 4.69) is 55.7 Å². The van der Waals surface area contributed by atoms with Crippen molar-refractivity contribution in [3.05, 3.63) is 95.3 Å². The molecular weight excluding hydrogens is 415 g/mol. The largest absolute Gasteiger partial charge is 0.205 e. The van der Waals surface area contributed by atoms with E-state index in [1.54, 1.807) is 0 Å². The Kier molecular flexibility index (Phi) is 8.59. The first-order valence-corrected chi connectivity index (χ1v) is 13.1. The molecule has 0 atom stereocenters. The van der Waals surface area contributed by atoms with Gasteiger partial charge in [0.2, 0.25) is 0 Å². The zero-order valence-electron chi connectivity index (χ0n) is 20.6. The van der Waals surface area contributed by atoms with Gasteiger partial charge < -0.3 is 0 Å². The predicted molar refractivity (Wildman–Crippen MR) is 144 cm³/mol. The number of hydrogen-bond acceptors (Lipinski definition) is 0. The lowest BCUT2D eigenvalue weighted by Crippen LogP contribution is -2.13. The number of hydrogen-bond donors (Lipinski definition) is 0. The summed E-state index contributed by atoms with van der Waals surface area (Å²) in [5.74, 6) is 7.51. The van der Waals surface area contributed by atoms with Crippen molar-refractivity contribution in [1.82, 2.24) is 0 Å². The van der Waals surface area contributed by atoms with Crippen molar-refractivity contribution in [1.29, 1.82) is 0 Å². The summed E-state index contributed by atoms with van der Waals surface area (Å²) in [6, 6.07) is 18.4. The van der Waals surface area contributed by atoms with Gasteiger partial charge in [-0.25, -0.2) is 4.39 Å².